The molecule has 5 heteroatoms. The lowest BCUT2D eigenvalue weighted by atomic mass is 10.1. The van der Waals surface area contributed by atoms with Crippen LogP contribution in [0.3, 0.4) is 0 Å². The van der Waals surface area contributed by atoms with Crippen LogP contribution in [-0.4, -0.2) is 11.0 Å². The van der Waals surface area contributed by atoms with E-state index < -0.39 is 5.09 Å². The smallest absolute Gasteiger partial charge is 0.214 e. The van der Waals surface area contributed by atoms with Crippen molar-refractivity contribution < 1.29 is 9.92 Å². The molecule has 1 rings (SSSR count). The fourth-order valence-corrected chi connectivity index (χ4v) is 1.19. The average Bonchev–Trinajstić information content (AvgIpc) is 2.15. The Labute approximate surface area is 86.6 Å². The van der Waals surface area contributed by atoms with Crippen molar-refractivity contribution >= 4 is 11.6 Å². The van der Waals surface area contributed by atoms with E-state index in [-0.39, 0.29) is 12.0 Å². The molecule has 14 heavy (non-hydrogen) atoms. The molecule has 0 atom stereocenters. The lowest BCUT2D eigenvalue weighted by Gasteiger charge is -2.02. The highest BCUT2D eigenvalue weighted by Crippen LogP contribution is 2.18. The number of nitrogens with zero attached hydrogens (tertiary/aromatic N) is 1. The van der Waals surface area contributed by atoms with E-state index in [9.17, 15) is 10.1 Å². The van der Waals surface area contributed by atoms with Crippen molar-refractivity contribution in [2.24, 2.45) is 0 Å². The summed E-state index contributed by atoms with van der Waals surface area (Å²) in [6, 6.07) is 7.14. The minimum Gasteiger partial charge on any atom is -0.214 e. The molecule has 0 saturated heterocycles. The summed E-state index contributed by atoms with van der Waals surface area (Å²) in [5, 5.41) is 9.25. The van der Waals surface area contributed by atoms with Crippen LogP contribution >= 0.6 is 11.6 Å². The molecule has 0 unspecified atom stereocenters. The first-order valence-corrected chi connectivity index (χ1v) is 4.48. The summed E-state index contributed by atoms with van der Waals surface area (Å²) in [6.45, 7) is 1.93. The lowest BCUT2D eigenvalue weighted by molar-refractivity contribution is -0.750. The Morgan fingerprint density at radius 3 is 2.50 bits per heavy atom. The van der Waals surface area contributed by atoms with E-state index in [1.807, 2.05) is 19.1 Å². The summed E-state index contributed by atoms with van der Waals surface area (Å²) < 4.78 is 0. The first-order valence-electron chi connectivity index (χ1n) is 3.94. The van der Waals surface area contributed by atoms with Crippen molar-refractivity contribution in [2.75, 3.05) is 5.88 Å². The Kier molecular flexibility index (Phi) is 3.59. The summed E-state index contributed by atoms with van der Waals surface area (Å²) >= 11 is 5.52. The third kappa shape index (κ3) is 2.81. The topological polar surface area (TPSA) is 52.4 Å². The van der Waals surface area contributed by atoms with Crippen LogP contribution < -0.4 is 0 Å². The van der Waals surface area contributed by atoms with Gasteiger partial charge in [0.2, 0.25) is 6.10 Å². The number of aryl methyl sites for hydroxylation is 1. The van der Waals surface area contributed by atoms with Crippen molar-refractivity contribution in [3.8, 4) is 0 Å². The molecule has 0 bridgehead atoms. The standard InChI is InChI=1S/C9H9ClNO3/c1-7-2-4-8(5-3-7)9(6-10)14-11(12)13/h2-5H,6H2,1H3/q+1. The minimum absolute atomic E-state index is 0.0238. The maximum Gasteiger partial charge on any atom is 0.313 e. The molecule has 0 aliphatic carbocycles. The second-order valence-electron chi connectivity index (χ2n) is 2.74. The Morgan fingerprint density at radius 1 is 1.50 bits per heavy atom. The van der Waals surface area contributed by atoms with Gasteiger partial charge in [-0.1, -0.05) is 0 Å². The Hall–Kier alpha value is -1.42. The van der Waals surface area contributed by atoms with Gasteiger partial charge < -0.3 is 0 Å². The van der Waals surface area contributed by atoms with E-state index in [1.165, 1.54) is 0 Å². The summed E-state index contributed by atoms with van der Waals surface area (Å²) in [6.07, 6.45) is 0.150. The molecule has 0 fully saturated rings. The molecule has 1 aromatic carbocycles. The summed E-state index contributed by atoms with van der Waals surface area (Å²) in [5.41, 5.74) is 1.70. The molecule has 0 amide bonds. The van der Waals surface area contributed by atoms with E-state index >= 15 is 0 Å². The molecule has 74 valence electrons. The van der Waals surface area contributed by atoms with E-state index in [2.05, 4.69) is 4.84 Å². The van der Waals surface area contributed by atoms with E-state index in [1.54, 1.807) is 12.1 Å². The van der Waals surface area contributed by atoms with Gasteiger partial charge in [0.1, 0.15) is 5.88 Å². The molecular formula is C9H9ClNO3+. The Bertz CT molecular complexity index is 312. The third-order valence-corrected chi connectivity index (χ3v) is 1.92. The van der Waals surface area contributed by atoms with Gasteiger partial charge in [-0.25, -0.2) is 4.84 Å². The zero-order valence-electron chi connectivity index (χ0n) is 7.57. The largest absolute Gasteiger partial charge is 0.313 e. The van der Waals surface area contributed by atoms with Gasteiger partial charge in [-0.3, -0.25) is 0 Å². The van der Waals surface area contributed by atoms with Gasteiger partial charge >= 0.3 is 5.09 Å². The molecule has 0 aromatic heterocycles. The zero-order valence-corrected chi connectivity index (χ0v) is 8.32. The van der Waals surface area contributed by atoms with Gasteiger partial charge in [0.15, 0.2) is 5.56 Å². The molecule has 1 aromatic rings. The van der Waals surface area contributed by atoms with Gasteiger partial charge in [-0.05, 0) is 24.6 Å². The first kappa shape index (κ1) is 10.7. The number of halogens is 1. The van der Waals surface area contributed by atoms with Crippen LogP contribution in [0.5, 0.6) is 0 Å². The van der Waals surface area contributed by atoms with Crippen LogP contribution in [0.2, 0.25) is 0 Å². The lowest BCUT2D eigenvalue weighted by Crippen LogP contribution is -2.11. The fourth-order valence-electron chi connectivity index (χ4n) is 0.984. The Morgan fingerprint density at radius 2 is 2.07 bits per heavy atom. The normalized spacial score (nSPS) is 9.57. The highest BCUT2D eigenvalue weighted by atomic mass is 35.5. The van der Waals surface area contributed by atoms with Crippen molar-refractivity contribution in [1.29, 1.82) is 0 Å². The number of benzene rings is 1. The van der Waals surface area contributed by atoms with Crippen molar-refractivity contribution in [3.05, 3.63) is 51.6 Å². The average molecular weight is 215 g/mol. The second-order valence-corrected chi connectivity index (χ2v) is 3.00. The predicted octanol–water partition coefficient (Wildman–Crippen LogP) is 2.32. The second kappa shape index (κ2) is 4.72. The number of hydrogen-bond acceptors (Lipinski definition) is 3. The number of hydrogen-bond donors (Lipinski definition) is 0. The highest BCUT2D eigenvalue weighted by molar-refractivity contribution is 6.19. The highest BCUT2D eigenvalue weighted by Gasteiger charge is 2.22. The van der Waals surface area contributed by atoms with Gasteiger partial charge in [0, 0.05) is 12.1 Å². The van der Waals surface area contributed by atoms with Crippen molar-refractivity contribution in [1.82, 2.24) is 0 Å². The first-order chi connectivity index (χ1) is 6.63. The summed E-state index contributed by atoms with van der Waals surface area (Å²) in [5.74, 6) is -0.0238. The molecular weight excluding hydrogens is 206 g/mol. The summed E-state index contributed by atoms with van der Waals surface area (Å²) in [7, 11) is 0. The predicted molar refractivity (Wildman–Crippen MR) is 52.3 cm³/mol. The SMILES string of the molecule is Cc1ccc([C+](CCl)O[N+](=O)[O-])cc1. The van der Waals surface area contributed by atoms with E-state index in [0.717, 1.165) is 5.56 Å². The molecule has 4 nitrogen and oxygen atoms in total. The van der Waals surface area contributed by atoms with Crippen LogP contribution in [0.15, 0.2) is 24.3 Å². The maximum absolute atomic E-state index is 10.1. The van der Waals surface area contributed by atoms with Crippen LogP contribution in [-0.2, 0) is 4.84 Å². The van der Waals surface area contributed by atoms with Gasteiger partial charge in [-0.2, -0.15) is 0 Å². The molecule has 0 N–H and O–H groups in total. The number of alkyl halides is 1. The quantitative estimate of drug-likeness (QED) is 0.335. The third-order valence-electron chi connectivity index (χ3n) is 1.68. The maximum atomic E-state index is 10.1. The van der Waals surface area contributed by atoms with E-state index in [4.69, 9.17) is 11.6 Å². The van der Waals surface area contributed by atoms with Crippen LogP contribution in [0.25, 0.3) is 0 Å². The summed E-state index contributed by atoms with van der Waals surface area (Å²) in [4.78, 5) is 14.4. The monoisotopic (exact) mass is 214 g/mol. The fraction of sp³-hybridized carbons (Fsp3) is 0.222. The van der Waals surface area contributed by atoms with Crippen LogP contribution in [0, 0.1) is 23.1 Å². The van der Waals surface area contributed by atoms with Gasteiger partial charge in [0.25, 0.3) is 0 Å². The molecule has 0 aliphatic rings. The molecule has 0 saturated carbocycles. The molecule has 0 heterocycles. The minimum atomic E-state index is -0.864. The molecule has 0 aliphatic heterocycles. The molecule has 0 radical (unpaired) electrons. The molecule has 0 spiro atoms. The van der Waals surface area contributed by atoms with Crippen molar-refractivity contribution in [3.63, 3.8) is 0 Å². The number of rotatable bonds is 4. The van der Waals surface area contributed by atoms with Crippen LogP contribution in [0.4, 0.5) is 0 Å². The van der Waals surface area contributed by atoms with Gasteiger partial charge in [-0.15, -0.1) is 21.7 Å². The van der Waals surface area contributed by atoms with Crippen LogP contribution in [0.1, 0.15) is 11.1 Å². The van der Waals surface area contributed by atoms with E-state index in [0.29, 0.717) is 5.56 Å². The van der Waals surface area contributed by atoms with Crippen molar-refractivity contribution in [2.45, 2.75) is 6.92 Å². The Balaban J connectivity index is 2.78. The van der Waals surface area contributed by atoms with Gasteiger partial charge in [0.05, 0.1) is 0 Å². The zero-order chi connectivity index (χ0) is 10.6.